The summed E-state index contributed by atoms with van der Waals surface area (Å²) in [5.41, 5.74) is 1.15. The number of nitrogens with zero attached hydrogens (tertiary/aromatic N) is 3. The molecule has 1 fully saturated rings. The second-order valence-corrected chi connectivity index (χ2v) is 7.46. The van der Waals surface area contributed by atoms with E-state index in [9.17, 15) is 4.79 Å². The van der Waals surface area contributed by atoms with E-state index in [0.29, 0.717) is 24.6 Å². The number of carbonyl (C=O) groups is 1. The van der Waals surface area contributed by atoms with Gasteiger partial charge in [0.1, 0.15) is 5.75 Å². The number of likely N-dealkylation sites (tertiary alicyclic amines) is 1. The molecule has 140 valence electrons. The van der Waals surface area contributed by atoms with Gasteiger partial charge in [-0.05, 0) is 42.0 Å². The summed E-state index contributed by atoms with van der Waals surface area (Å²) in [5, 5.41) is 5.97. The number of aromatic nitrogens is 2. The summed E-state index contributed by atoms with van der Waals surface area (Å²) in [6.07, 6.45) is 2.84. The van der Waals surface area contributed by atoms with Gasteiger partial charge < -0.3 is 14.2 Å². The first-order valence-corrected chi connectivity index (χ1v) is 9.92. The Balaban J connectivity index is 1.38. The molecule has 27 heavy (non-hydrogen) atoms. The number of benzene rings is 1. The Morgan fingerprint density at radius 2 is 2.19 bits per heavy atom. The molecule has 0 spiro atoms. The van der Waals surface area contributed by atoms with Crippen molar-refractivity contribution in [3.05, 3.63) is 53.2 Å². The summed E-state index contributed by atoms with van der Waals surface area (Å²) < 4.78 is 10.5. The lowest BCUT2D eigenvalue weighted by Gasteiger charge is -2.25. The minimum Gasteiger partial charge on any atom is -0.497 e. The fraction of sp³-hybridized carbons (Fsp3) is 0.350. The van der Waals surface area contributed by atoms with Crippen LogP contribution in [0.25, 0.3) is 10.7 Å². The van der Waals surface area contributed by atoms with Crippen LogP contribution in [-0.4, -0.2) is 34.6 Å². The Bertz CT molecular complexity index is 890. The van der Waals surface area contributed by atoms with Gasteiger partial charge in [0.25, 0.3) is 0 Å². The largest absolute Gasteiger partial charge is 0.497 e. The van der Waals surface area contributed by atoms with E-state index < -0.39 is 0 Å². The molecular formula is C20H21N3O3S. The summed E-state index contributed by atoms with van der Waals surface area (Å²) in [4.78, 5) is 20.1. The molecule has 1 atom stereocenters. The summed E-state index contributed by atoms with van der Waals surface area (Å²) >= 11 is 1.57. The third kappa shape index (κ3) is 3.88. The Hall–Kier alpha value is -2.67. The summed E-state index contributed by atoms with van der Waals surface area (Å²) in [5.74, 6) is 2.05. The lowest BCUT2D eigenvalue weighted by atomic mass is 10.0. The molecule has 0 unspecified atom stereocenters. The average Bonchev–Trinajstić information content (AvgIpc) is 3.47. The van der Waals surface area contributed by atoms with E-state index in [2.05, 4.69) is 10.1 Å². The molecule has 1 aromatic carbocycles. The number of hydrogen-bond donors (Lipinski definition) is 0. The van der Waals surface area contributed by atoms with Gasteiger partial charge in [-0.2, -0.15) is 4.98 Å². The van der Waals surface area contributed by atoms with Gasteiger partial charge >= 0.3 is 0 Å². The normalized spacial score (nSPS) is 16.6. The minimum atomic E-state index is 0.129. The number of aryl methyl sites for hydroxylation is 1. The average molecular weight is 383 g/mol. The number of amides is 1. The van der Waals surface area contributed by atoms with E-state index in [-0.39, 0.29) is 11.9 Å². The summed E-state index contributed by atoms with van der Waals surface area (Å²) in [6, 6.07) is 12.0. The first-order chi connectivity index (χ1) is 13.2. The Labute approximate surface area is 161 Å². The van der Waals surface area contributed by atoms with Crippen LogP contribution in [-0.2, 0) is 11.2 Å². The summed E-state index contributed by atoms with van der Waals surface area (Å²) in [7, 11) is 1.65. The molecule has 1 amide bonds. The third-order valence-electron chi connectivity index (χ3n) is 4.84. The maximum absolute atomic E-state index is 12.8. The maximum Gasteiger partial charge on any atom is 0.227 e. The van der Waals surface area contributed by atoms with Crippen LogP contribution in [0.5, 0.6) is 5.75 Å². The Morgan fingerprint density at radius 1 is 1.33 bits per heavy atom. The molecule has 1 aliphatic rings. The molecule has 0 aliphatic carbocycles. The Morgan fingerprint density at radius 3 is 2.93 bits per heavy atom. The maximum atomic E-state index is 12.8. The number of rotatable bonds is 6. The van der Waals surface area contributed by atoms with Crippen LogP contribution in [0.1, 0.15) is 36.8 Å². The smallest absolute Gasteiger partial charge is 0.227 e. The van der Waals surface area contributed by atoms with Crippen molar-refractivity contribution in [2.75, 3.05) is 13.7 Å². The van der Waals surface area contributed by atoms with Gasteiger partial charge in [0.2, 0.25) is 17.6 Å². The molecule has 7 heteroatoms. The lowest BCUT2D eigenvalue weighted by Crippen LogP contribution is -2.30. The summed E-state index contributed by atoms with van der Waals surface area (Å²) in [6.45, 7) is 0.791. The SMILES string of the molecule is COc1ccc([C@H]2CCCN2C(=O)CCc2nc(-c3cccs3)no2)cc1. The molecular weight excluding hydrogens is 362 g/mol. The first kappa shape index (κ1) is 17.7. The van der Waals surface area contributed by atoms with Crippen LogP contribution in [0.3, 0.4) is 0 Å². The van der Waals surface area contributed by atoms with Gasteiger partial charge in [-0.15, -0.1) is 11.3 Å². The van der Waals surface area contributed by atoms with Gasteiger partial charge in [0.05, 0.1) is 18.0 Å². The predicted molar refractivity (Wildman–Crippen MR) is 103 cm³/mol. The fourth-order valence-corrected chi connectivity index (χ4v) is 4.11. The molecule has 0 saturated carbocycles. The molecule has 4 rings (SSSR count). The molecule has 0 radical (unpaired) electrons. The van der Waals surface area contributed by atoms with Crippen LogP contribution in [0.15, 0.2) is 46.3 Å². The van der Waals surface area contributed by atoms with E-state index in [0.717, 1.165) is 35.6 Å². The van der Waals surface area contributed by atoms with Gasteiger partial charge in [0, 0.05) is 19.4 Å². The standard InChI is InChI=1S/C20H21N3O3S/c1-25-15-8-6-14(7-9-15)16-4-2-12-23(16)19(24)11-10-18-21-20(22-26-18)17-5-3-13-27-17/h3,5-9,13,16H,2,4,10-12H2,1H3/t16-/m1/s1. The molecule has 0 bridgehead atoms. The van der Waals surface area contributed by atoms with Crippen molar-refractivity contribution in [3.8, 4) is 16.5 Å². The second-order valence-electron chi connectivity index (χ2n) is 6.51. The minimum absolute atomic E-state index is 0.129. The van der Waals surface area contributed by atoms with Crippen molar-refractivity contribution in [1.82, 2.24) is 15.0 Å². The molecule has 3 aromatic rings. The molecule has 6 nitrogen and oxygen atoms in total. The van der Waals surface area contributed by atoms with E-state index >= 15 is 0 Å². The first-order valence-electron chi connectivity index (χ1n) is 9.04. The van der Waals surface area contributed by atoms with Crippen molar-refractivity contribution in [2.45, 2.75) is 31.7 Å². The number of methoxy groups -OCH3 is 1. The molecule has 1 saturated heterocycles. The van der Waals surface area contributed by atoms with Gasteiger partial charge in [-0.25, -0.2) is 0 Å². The van der Waals surface area contributed by atoms with Crippen molar-refractivity contribution in [1.29, 1.82) is 0 Å². The van der Waals surface area contributed by atoms with Crippen LogP contribution >= 0.6 is 11.3 Å². The van der Waals surface area contributed by atoms with Gasteiger partial charge in [-0.3, -0.25) is 4.79 Å². The van der Waals surface area contributed by atoms with E-state index in [1.165, 1.54) is 0 Å². The number of ether oxygens (including phenoxy) is 1. The van der Waals surface area contributed by atoms with Crippen LogP contribution in [0.2, 0.25) is 0 Å². The lowest BCUT2D eigenvalue weighted by molar-refractivity contribution is -0.132. The highest BCUT2D eigenvalue weighted by atomic mass is 32.1. The van der Waals surface area contributed by atoms with Crippen molar-refractivity contribution < 1.29 is 14.1 Å². The van der Waals surface area contributed by atoms with Gasteiger partial charge in [-0.1, -0.05) is 23.4 Å². The quantitative estimate of drug-likeness (QED) is 0.641. The molecule has 1 aliphatic heterocycles. The van der Waals surface area contributed by atoms with Crippen LogP contribution in [0.4, 0.5) is 0 Å². The van der Waals surface area contributed by atoms with E-state index in [4.69, 9.17) is 9.26 Å². The monoisotopic (exact) mass is 383 g/mol. The predicted octanol–water partition coefficient (Wildman–Crippen LogP) is 4.10. The van der Waals surface area contributed by atoms with Crippen molar-refractivity contribution in [3.63, 3.8) is 0 Å². The van der Waals surface area contributed by atoms with Crippen LogP contribution in [0, 0.1) is 0 Å². The number of thiophene rings is 1. The van der Waals surface area contributed by atoms with Crippen molar-refractivity contribution >= 4 is 17.2 Å². The number of hydrogen-bond acceptors (Lipinski definition) is 6. The van der Waals surface area contributed by atoms with E-state index in [1.807, 2.05) is 46.7 Å². The van der Waals surface area contributed by atoms with Crippen LogP contribution < -0.4 is 4.74 Å². The molecule has 3 heterocycles. The zero-order valence-corrected chi connectivity index (χ0v) is 15.9. The third-order valence-corrected chi connectivity index (χ3v) is 5.70. The topological polar surface area (TPSA) is 68.5 Å². The molecule has 2 aromatic heterocycles. The highest BCUT2D eigenvalue weighted by Gasteiger charge is 2.29. The fourth-order valence-electron chi connectivity index (χ4n) is 3.46. The molecule has 0 N–H and O–H groups in total. The van der Waals surface area contributed by atoms with E-state index in [1.54, 1.807) is 18.4 Å². The van der Waals surface area contributed by atoms with Gasteiger partial charge in [0.15, 0.2) is 0 Å². The van der Waals surface area contributed by atoms with Crippen molar-refractivity contribution in [2.24, 2.45) is 0 Å². The highest BCUT2D eigenvalue weighted by Crippen LogP contribution is 2.33. The number of carbonyl (C=O) groups excluding carboxylic acids is 1. The second kappa shape index (κ2) is 7.92. The Kier molecular flexibility index (Phi) is 5.20. The zero-order valence-electron chi connectivity index (χ0n) is 15.1. The highest BCUT2D eigenvalue weighted by molar-refractivity contribution is 7.13. The zero-order chi connectivity index (χ0) is 18.6.